The smallest absolute Gasteiger partial charge is 0.226 e. The van der Waals surface area contributed by atoms with Crippen LogP contribution in [0.4, 0.5) is 11.8 Å². The molecule has 1 fully saturated rings. The highest BCUT2D eigenvalue weighted by molar-refractivity contribution is 6.31. The van der Waals surface area contributed by atoms with Gasteiger partial charge >= 0.3 is 0 Å². The third kappa shape index (κ3) is 3.99. The van der Waals surface area contributed by atoms with Crippen LogP contribution >= 0.6 is 11.6 Å². The van der Waals surface area contributed by atoms with Crippen molar-refractivity contribution in [2.24, 2.45) is 7.05 Å². The van der Waals surface area contributed by atoms with Crippen molar-refractivity contribution >= 4 is 34.4 Å². The summed E-state index contributed by atoms with van der Waals surface area (Å²) < 4.78 is 1.77. The Balaban J connectivity index is 1.55. The number of fused-ring (bicyclic) bond motifs is 1. The first kappa shape index (κ1) is 18.0. The van der Waals surface area contributed by atoms with Crippen LogP contribution in [0.1, 0.15) is 24.0 Å². The largest absolute Gasteiger partial charge is 0.365 e. The molecule has 7 nitrogen and oxygen atoms in total. The molecule has 1 aromatic carbocycles. The molecule has 0 unspecified atom stereocenters. The van der Waals surface area contributed by atoms with Crippen LogP contribution in [-0.4, -0.2) is 38.9 Å². The molecule has 1 aliphatic heterocycles. The average Bonchev–Trinajstić information content (AvgIpc) is 3.31. The first-order chi connectivity index (χ1) is 13.1. The predicted octanol–water partition coefficient (Wildman–Crippen LogP) is 3.10. The zero-order chi connectivity index (χ0) is 18.8. The van der Waals surface area contributed by atoms with E-state index in [4.69, 9.17) is 11.6 Å². The maximum absolute atomic E-state index is 6.24. The zero-order valence-electron chi connectivity index (χ0n) is 15.6. The van der Waals surface area contributed by atoms with Crippen molar-refractivity contribution in [1.82, 2.24) is 25.1 Å². The van der Waals surface area contributed by atoms with Crippen molar-refractivity contribution in [2.75, 3.05) is 23.7 Å². The van der Waals surface area contributed by atoms with Crippen LogP contribution in [0.3, 0.4) is 0 Å². The minimum Gasteiger partial charge on any atom is -0.365 e. The summed E-state index contributed by atoms with van der Waals surface area (Å²) in [6, 6.07) is 6.56. The summed E-state index contributed by atoms with van der Waals surface area (Å²) >= 11 is 6.24. The van der Waals surface area contributed by atoms with E-state index in [2.05, 4.69) is 37.1 Å². The van der Waals surface area contributed by atoms with Gasteiger partial charge in [-0.3, -0.25) is 4.68 Å². The average molecular weight is 386 g/mol. The minimum absolute atomic E-state index is 0.474. The molecule has 3 N–H and O–H groups in total. The van der Waals surface area contributed by atoms with E-state index in [9.17, 15) is 0 Å². The number of hydrogen-bond donors (Lipinski definition) is 3. The topological polar surface area (TPSA) is 79.7 Å². The zero-order valence-corrected chi connectivity index (χ0v) is 16.3. The minimum atomic E-state index is 0.474. The Morgan fingerprint density at radius 1 is 1.30 bits per heavy atom. The third-order valence-corrected chi connectivity index (χ3v) is 5.36. The monoisotopic (exact) mass is 385 g/mol. The SMILES string of the molecule is Cc1ccc(CNc2nc(NC[C@H]3CCCN3)nc3c2cnn3C)cc1Cl. The molecule has 1 atom stereocenters. The molecule has 1 aliphatic rings. The van der Waals surface area contributed by atoms with Gasteiger partial charge in [0.2, 0.25) is 5.95 Å². The van der Waals surface area contributed by atoms with Gasteiger partial charge in [0.15, 0.2) is 5.65 Å². The van der Waals surface area contributed by atoms with Crippen LogP contribution in [0.2, 0.25) is 5.02 Å². The summed E-state index contributed by atoms with van der Waals surface area (Å²) in [5.41, 5.74) is 2.98. The van der Waals surface area contributed by atoms with Gasteiger partial charge in [0, 0.05) is 31.2 Å². The Labute approximate surface area is 163 Å². The number of aryl methyl sites for hydroxylation is 2. The molecule has 3 aromatic rings. The van der Waals surface area contributed by atoms with Crippen molar-refractivity contribution in [2.45, 2.75) is 32.4 Å². The van der Waals surface area contributed by atoms with Crippen LogP contribution in [0.25, 0.3) is 11.0 Å². The normalized spacial score (nSPS) is 16.8. The molecule has 0 saturated carbocycles. The lowest BCUT2D eigenvalue weighted by molar-refractivity contribution is 0.631. The van der Waals surface area contributed by atoms with Gasteiger partial charge in [0.05, 0.1) is 11.6 Å². The van der Waals surface area contributed by atoms with E-state index in [-0.39, 0.29) is 0 Å². The van der Waals surface area contributed by atoms with Crippen LogP contribution in [0.5, 0.6) is 0 Å². The summed E-state index contributed by atoms with van der Waals surface area (Å²) in [6.45, 7) is 4.53. The van der Waals surface area contributed by atoms with Crippen molar-refractivity contribution in [3.05, 3.63) is 40.5 Å². The lowest BCUT2D eigenvalue weighted by Gasteiger charge is -2.13. The predicted molar refractivity (Wildman–Crippen MR) is 109 cm³/mol. The Bertz CT molecular complexity index is 947. The highest BCUT2D eigenvalue weighted by Gasteiger charge is 2.16. The molecule has 0 spiro atoms. The summed E-state index contributed by atoms with van der Waals surface area (Å²) in [4.78, 5) is 9.31. The number of anilines is 2. The number of rotatable bonds is 6. The van der Waals surface area contributed by atoms with E-state index >= 15 is 0 Å². The fraction of sp³-hybridized carbons (Fsp3) is 0.421. The number of hydrogen-bond acceptors (Lipinski definition) is 6. The summed E-state index contributed by atoms with van der Waals surface area (Å²) in [5, 5.41) is 16.3. The molecule has 0 bridgehead atoms. The molecule has 142 valence electrons. The van der Waals surface area contributed by atoms with Gasteiger partial charge < -0.3 is 16.0 Å². The fourth-order valence-corrected chi connectivity index (χ4v) is 3.52. The van der Waals surface area contributed by atoms with Gasteiger partial charge in [0.1, 0.15) is 5.82 Å². The molecular formula is C19H24ClN7. The Hall–Kier alpha value is -2.38. The Morgan fingerprint density at radius 2 is 2.19 bits per heavy atom. The second-order valence-electron chi connectivity index (χ2n) is 7.01. The quantitative estimate of drug-likeness (QED) is 0.605. The van der Waals surface area contributed by atoms with Gasteiger partial charge in [-0.1, -0.05) is 23.7 Å². The van der Waals surface area contributed by atoms with E-state index in [0.717, 1.165) is 46.1 Å². The van der Waals surface area contributed by atoms with Gasteiger partial charge in [0.25, 0.3) is 0 Å². The van der Waals surface area contributed by atoms with Gasteiger partial charge in [-0.15, -0.1) is 0 Å². The van der Waals surface area contributed by atoms with Crippen LogP contribution in [0.15, 0.2) is 24.4 Å². The first-order valence-corrected chi connectivity index (χ1v) is 9.64. The van der Waals surface area contributed by atoms with Crippen LogP contribution < -0.4 is 16.0 Å². The molecule has 1 saturated heterocycles. The number of nitrogens with one attached hydrogen (secondary N) is 3. The molecule has 27 heavy (non-hydrogen) atoms. The van der Waals surface area contributed by atoms with Crippen LogP contribution in [-0.2, 0) is 13.6 Å². The molecule has 0 radical (unpaired) electrons. The maximum Gasteiger partial charge on any atom is 0.226 e. The van der Waals surface area contributed by atoms with Gasteiger partial charge in [-0.2, -0.15) is 15.1 Å². The van der Waals surface area contributed by atoms with E-state index in [1.165, 1.54) is 12.8 Å². The van der Waals surface area contributed by atoms with E-state index in [0.29, 0.717) is 18.5 Å². The lowest BCUT2D eigenvalue weighted by Crippen LogP contribution is -2.29. The second-order valence-corrected chi connectivity index (χ2v) is 7.42. The number of nitrogens with zero attached hydrogens (tertiary/aromatic N) is 4. The summed E-state index contributed by atoms with van der Waals surface area (Å²) in [5.74, 6) is 1.39. The van der Waals surface area contributed by atoms with Crippen molar-refractivity contribution in [3.63, 3.8) is 0 Å². The van der Waals surface area contributed by atoms with Crippen molar-refractivity contribution in [3.8, 4) is 0 Å². The van der Waals surface area contributed by atoms with Gasteiger partial charge in [-0.05, 0) is 43.5 Å². The molecular weight excluding hydrogens is 362 g/mol. The Morgan fingerprint density at radius 3 is 2.96 bits per heavy atom. The van der Waals surface area contributed by atoms with E-state index in [1.54, 1.807) is 10.9 Å². The second kappa shape index (κ2) is 7.70. The molecule has 4 rings (SSSR count). The number of aromatic nitrogens is 4. The first-order valence-electron chi connectivity index (χ1n) is 9.26. The number of halogens is 1. The fourth-order valence-electron chi connectivity index (χ4n) is 3.31. The van der Waals surface area contributed by atoms with Crippen molar-refractivity contribution < 1.29 is 0 Å². The molecule has 0 aliphatic carbocycles. The maximum atomic E-state index is 6.24. The lowest BCUT2D eigenvalue weighted by atomic mass is 10.1. The third-order valence-electron chi connectivity index (χ3n) is 4.96. The Kier molecular flexibility index (Phi) is 5.13. The highest BCUT2D eigenvalue weighted by Crippen LogP contribution is 2.23. The highest BCUT2D eigenvalue weighted by atomic mass is 35.5. The van der Waals surface area contributed by atoms with Gasteiger partial charge in [-0.25, -0.2) is 0 Å². The molecule has 0 amide bonds. The standard InChI is InChI=1S/C19H24ClN7/c1-12-5-6-13(8-16(12)20)9-22-17-15-11-24-27(2)18(15)26-19(25-17)23-10-14-4-3-7-21-14/h5-6,8,11,14,21H,3-4,7,9-10H2,1-2H3,(H2,22,23,25,26)/t14-/m1/s1. The summed E-state index contributed by atoms with van der Waals surface area (Å²) in [7, 11) is 1.89. The van der Waals surface area contributed by atoms with Crippen molar-refractivity contribution in [1.29, 1.82) is 0 Å². The van der Waals surface area contributed by atoms with E-state index < -0.39 is 0 Å². The molecule has 3 heterocycles. The van der Waals surface area contributed by atoms with Crippen LogP contribution in [0, 0.1) is 6.92 Å². The molecule has 2 aromatic heterocycles. The van der Waals surface area contributed by atoms with E-state index in [1.807, 2.05) is 26.1 Å². The molecule has 8 heteroatoms. The number of benzene rings is 1. The summed E-state index contributed by atoms with van der Waals surface area (Å²) in [6.07, 6.45) is 4.20.